The van der Waals surface area contributed by atoms with Crippen molar-refractivity contribution in [3.8, 4) is 0 Å². The fourth-order valence-electron chi connectivity index (χ4n) is 1.32. The third kappa shape index (κ3) is 4.14. The van der Waals surface area contributed by atoms with Gasteiger partial charge in [0.1, 0.15) is 0 Å². The van der Waals surface area contributed by atoms with Crippen LogP contribution < -0.4 is 0 Å². The molecule has 0 atom stereocenters. The molecule has 0 radical (unpaired) electrons. The lowest BCUT2D eigenvalue weighted by Crippen LogP contribution is -2.13. The molecule has 0 aliphatic rings. The Labute approximate surface area is 98.0 Å². The van der Waals surface area contributed by atoms with Crippen molar-refractivity contribution in [2.75, 3.05) is 6.26 Å². The van der Waals surface area contributed by atoms with E-state index in [1.165, 1.54) is 6.26 Å². The predicted molar refractivity (Wildman–Crippen MR) is 53.0 cm³/mol. The van der Waals surface area contributed by atoms with E-state index in [2.05, 4.69) is 0 Å². The Morgan fingerprint density at radius 2 is 1.65 bits per heavy atom. The number of hydrogen-bond donors (Lipinski definition) is 0. The zero-order chi connectivity index (χ0) is 13.3. The molecule has 0 aliphatic carbocycles. The molecule has 96 valence electrons. The summed E-state index contributed by atoms with van der Waals surface area (Å²) >= 11 is 0.848. The molecule has 0 nitrogen and oxygen atoms in total. The van der Waals surface area contributed by atoms with E-state index in [0.29, 0.717) is 6.07 Å². The summed E-state index contributed by atoms with van der Waals surface area (Å²) in [6.07, 6.45) is -9.07. The summed E-state index contributed by atoms with van der Waals surface area (Å²) < 4.78 is 73.9. The van der Waals surface area contributed by atoms with Crippen LogP contribution >= 0.6 is 11.8 Å². The van der Waals surface area contributed by atoms with Crippen molar-refractivity contribution < 1.29 is 26.3 Å². The van der Waals surface area contributed by atoms with E-state index in [1.807, 2.05) is 0 Å². The third-order valence-electron chi connectivity index (χ3n) is 1.97. The van der Waals surface area contributed by atoms with Crippen LogP contribution in [-0.2, 0) is 12.6 Å². The van der Waals surface area contributed by atoms with Gasteiger partial charge in [0.25, 0.3) is 0 Å². The lowest BCUT2D eigenvalue weighted by molar-refractivity contribution is -0.140. The average Bonchev–Trinajstić information content (AvgIpc) is 2.13. The minimum atomic E-state index is -4.64. The lowest BCUT2D eigenvalue weighted by Gasteiger charge is -2.14. The highest BCUT2D eigenvalue weighted by atomic mass is 32.2. The van der Waals surface area contributed by atoms with Crippen LogP contribution in [0.1, 0.15) is 11.1 Å². The molecule has 0 saturated carbocycles. The first-order valence-corrected chi connectivity index (χ1v) is 5.67. The van der Waals surface area contributed by atoms with E-state index in [4.69, 9.17) is 0 Å². The van der Waals surface area contributed by atoms with Crippen molar-refractivity contribution in [2.45, 2.75) is 23.7 Å². The fourth-order valence-corrected chi connectivity index (χ4v) is 1.92. The molecule has 17 heavy (non-hydrogen) atoms. The molecule has 0 saturated heterocycles. The highest BCUT2D eigenvalue weighted by Gasteiger charge is 2.35. The van der Waals surface area contributed by atoms with Crippen molar-refractivity contribution in [2.24, 2.45) is 0 Å². The summed E-state index contributed by atoms with van der Waals surface area (Å²) in [5.41, 5.74) is -1.41. The first-order chi connectivity index (χ1) is 7.63. The number of thioether (sulfide) groups is 1. The minimum absolute atomic E-state index is 0.0802. The molecule has 1 aromatic rings. The molecule has 7 heteroatoms. The normalized spacial score (nSPS) is 12.9. The maximum atomic E-state index is 12.6. The van der Waals surface area contributed by atoms with E-state index >= 15 is 0 Å². The largest absolute Gasteiger partial charge is 0.417 e. The van der Waals surface area contributed by atoms with Crippen LogP contribution in [0.4, 0.5) is 26.3 Å². The van der Waals surface area contributed by atoms with Crippen LogP contribution in [0.5, 0.6) is 0 Å². The summed E-state index contributed by atoms with van der Waals surface area (Å²) in [5.74, 6) is 0. The van der Waals surface area contributed by atoms with Gasteiger partial charge in [-0.3, -0.25) is 0 Å². The minimum Gasteiger partial charge on any atom is -0.171 e. The number of halogens is 6. The molecule has 0 fully saturated rings. The Hall–Kier alpha value is -0.850. The van der Waals surface area contributed by atoms with Gasteiger partial charge >= 0.3 is 12.4 Å². The monoisotopic (exact) mass is 274 g/mol. The van der Waals surface area contributed by atoms with Crippen molar-refractivity contribution in [1.29, 1.82) is 0 Å². The maximum Gasteiger partial charge on any atom is 0.417 e. The standard InChI is InChI=1S/C10H8F6S/c1-17-8-3-2-6(5-9(11,12)13)4-7(8)10(14,15)16/h2-4H,5H2,1H3. The Balaban J connectivity index is 3.14. The Morgan fingerprint density at radius 3 is 2.06 bits per heavy atom. The van der Waals surface area contributed by atoms with Crippen molar-refractivity contribution in [1.82, 2.24) is 0 Å². The summed E-state index contributed by atoms with van der Waals surface area (Å²) in [6.45, 7) is 0. The van der Waals surface area contributed by atoms with Crippen molar-refractivity contribution >= 4 is 11.8 Å². The van der Waals surface area contributed by atoms with Gasteiger partial charge in [-0.05, 0) is 24.0 Å². The van der Waals surface area contributed by atoms with Gasteiger partial charge in [-0.2, -0.15) is 26.3 Å². The van der Waals surface area contributed by atoms with Crippen LogP contribution in [0.2, 0.25) is 0 Å². The number of hydrogen-bond acceptors (Lipinski definition) is 1. The topological polar surface area (TPSA) is 0 Å². The Bertz CT molecular complexity index is 393. The number of alkyl halides is 6. The number of benzene rings is 1. The maximum absolute atomic E-state index is 12.6. The van der Waals surface area contributed by atoms with Gasteiger partial charge in [0.05, 0.1) is 12.0 Å². The van der Waals surface area contributed by atoms with Gasteiger partial charge < -0.3 is 0 Å². The molecule has 1 rings (SSSR count). The van der Waals surface area contributed by atoms with E-state index in [0.717, 1.165) is 23.9 Å². The molecule has 0 bridgehead atoms. The SMILES string of the molecule is CSc1ccc(CC(F)(F)F)cc1C(F)(F)F. The van der Waals surface area contributed by atoms with Crippen molar-refractivity contribution in [3.63, 3.8) is 0 Å². The first kappa shape index (κ1) is 14.2. The smallest absolute Gasteiger partial charge is 0.171 e. The van der Waals surface area contributed by atoms with E-state index < -0.39 is 24.3 Å². The molecular weight excluding hydrogens is 266 g/mol. The van der Waals surface area contributed by atoms with Crippen LogP contribution in [0.15, 0.2) is 23.1 Å². The molecular formula is C10H8F6S. The van der Waals surface area contributed by atoms with Gasteiger partial charge in [-0.25, -0.2) is 0 Å². The molecule has 1 aromatic carbocycles. The summed E-state index contributed by atoms with van der Waals surface area (Å²) in [5, 5.41) is 0. The predicted octanol–water partition coefficient (Wildman–Crippen LogP) is 4.53. The van der Waals surface area contributed by atoms with Gasteiger partial charge in [-0.1, -0.05) is 6.07 Å². The van der Waals surface area contributed by atoms with Crippen LogP contribution in [-0.4, -0.2) is 12.4 Å². The molecule has 0 heterocycles. The van der Waals surface area contributed by atoms with Crippen molar-refractivity contribution in [3.05, 3.63) is 29.3 Å². The van der Waals surface area contributed by atoms with E-state index in [1.54, 1.807) is 0 Å². The summed E-state index contributed by atoms with van der Waals surface area (Å²) in [7, 11) is 0. The molecule has 0 amide bonds. The Morgan fingerprint density at radius 1 is 1.06 bits per heavy atom. The van der Waals surface area contributed by atoms with Gasteiger partial charge in [0.2, 0.25) is 0 Å². The second-order valence-corrected chi connectivity index (χ2v) is 4.17. The molecule has 0 spiro atoms. The van der Waals surface area contributed by atoms with Crippen LogP contribution in [0.3, 0.4) is 0 Å². The van der Waals surface area contributed by atoms with Gasteiger partial charge in [0.15, 0.2) is 0 Å². The van der Waals surface area contributed by atoms with Crippen LogP contribution in [0.25, 0.3) is 0 Å². The number of rotatable bonds is 2. The quantitative estimate of drug-likeness (QED) is 0.564. The van der Waals surface area contributed by atoms with Crippen LogP contribution in [0, 0.1) is 0 Å². The second-order valence-electron chi connectivity index (χ2n) is 3.32. The molecule has 0 aliphatic heterocycles. The van der Waals surface area contributed by atoms with E-state index in [-0.39, 0.29) is 10.5 Å². The zero-order valence-electron chi connectivity index (χ0n) is 8.62. The van der Waals surface area contributed by atoms with E-state index in [9.17, 15) is 26.3 Å². The second kappa shape index (κ2) is 4.80. The summed E-state index contributed by atoms with van der Waals surface area (Å²) in [4.78, 5) is -0.0802. The fraction of sp³-hybridized carbons (Fsp3) is 0.400. The molecule has 0 N–H and O–H groups in total. The summed E-state index contributed by atoms with van der Waals surface area (Å²) in [6, 6.07) is 2.68. The third-order valence-corrected chi connectivity index (χ3v) is 2.77. The molecule has 0 unspecified atom stereocenters. The van der Waals surface area contributed by atoms with Gasteiger partial charge in [0, 0.05) is 4.90 Å². The molecule has 0 aromatic heterocycles. The first-order valence-electron chi connectivity index (χ1n) is 4.44. The average molecular weight is 274 g/mol. The highest BCUT2D eigenvalue weighted by Crippen LogP contribution is 2.37. The zero-order valence-corrected chi connectivity index (χ0v) is 9.43. The van der Waals surface area contributed by atoms with Gasteiger partial charge in [-0.15, -0.1) is 11.8 Å². The highest BCUT2D eigenvalue weighted by molar-refractivity contribution is 7.98. The Kier molecular flexibility index (Phi) is 4.01. The lowest BCUT2D eigenvalue weighted by atomic mass is 10.1.